The Morgan fingerprint density at radius 2 is 2.10 bits per heavy atom. The van der Waals surface area contributed by atoms with Crippen molar-refractivity contribution in [3.05, 3.63) is 39.4 Å². The van der Waals surface area contributed by atoms with E-state index in [0.29, 0.717) is 23.6 Å². The number of nitro groups is 1. The topological polar surface area (TPSA) is 81.5 Å². The normalized spacial score (nSPS) is 12.2. The molecule has 1 atom stereocenters. The van der Waals surface area contributed by atoms with Crippen LogP contribution in [0.2, 0.25) is 0 Å². The molecular formula is C14H20N2O4. The Morgan fingerprint density at radius 3 is 2.55 bits per heavy atom. The molecule has 0 saturated heterocycles. The number of nitro benzene ring substituents is 1. The number of ether oxygens (including phenoxy) is 1. The van der Waals surface area contributed by atoms with Crippen molar-refractivity contribution in [3.63, 3.8) is 0 Å². The minimum atomic E-state index is -0.478. The van der Waals surface area contributed by atoms with Gasteiger partial charge in [0.15, 0.2) is 0 Å². The lowest BCUT2D eigenvalue weighted by molar-refractivity contribution is -0.384. The van der Waals surface area contributed by atoms with Crippen molar-refractivity contribution in [3.8, 4) is 0 Å². The number of nitrogens with one attached hydrogen (secondary N) is 1. The van der Waals surface area contributed by atoms with Gasteiger partial charge in [0.05, 0.1) is 11.0 Å². The Balaban J connectivity index is 2.75. The third-order valence-electron chi connectivity index (χ3n) is 3.18. The smallest absolute Gasteiger partial charge is 0.269 e. The van der Waals surface area contributed by atoms with Gasteiger partial charge in [-0.25, -0.2) is 0 Å². The van der Waals surface area contributed by atoms with Gasteiger partial charge in [-0.15, -0.1) is 0 Å². The molecule has 0 bridgehead atoms. The molecule has 0 aliphatic rings. The first kappa shape index (κ1) is 16.1. The van der Waals surface area contributed by atoms with E-state index in [1.165, 1.54) is 18.2 Å². The minimum Gasteiger partial charge on any atom is -0.379 e. The largest absolute Gasteiger partial charge is 0.379 e. The number of carbonyl (C=O) groups is 1. The summed E-state index contributed by atoms with van der Waals surface area (Å²) >= 11 is 0. The van der Waals surface area contributed by atoms with E-state index in [0.717, 1.165) is 0 Å². The van der Waals surface area contributed by atoms with Gasteiger partial charge in [0.2, 0.25) is 0 Å². The molecule has 20 heavy (non-hydrogen) atoms. The average molecular weight is 280 g/mol. The van der Waals surface area contributed by atoms with Crippen LogP contribution in [0.1, 0.15) is 29.8 Å². The average Bonchev–Trinajstić information content (AvgIpc) is 2.38. The lowest BCUT2D eigenvalue weighted by Crippen LogP contribution is -2.36. The summed E-state index contributed by atoms with van der Waals surface area (Å²) in [6, 6.07) is 4.20. The number of methoxy groups -OCH3 is 1. The second kappa shape index (κ2) is 7.00. The molecule has 6 nitrogen and oxygen atoms in total. The van der Waals surface area contributed by atoms with E-state index in [9.17, 15) is 14.9 Å². The number of hydrogen-bond donors (Lipinski definition) is 1. The maximum absolute atomic E-state index is 12.1. The van der Waals surface area contributed by atoms with Crippen molar-refractivity contribution in [1.82, 2.24) is 5.32 Å². The lowest BCUT2D eigenvalue weighted by atomic mass is 10.1. The zero-order valence-electron chi connectivity index (χ0n) is 12.2. The number of aryl methyl sites for hydroxylation is 1. The van der Waals surface area contributed by atoms with E-state index >= 15 is 0 Å². The van der Waals surface area contributed by atoms with Crippen molar-refractivity contribution in [2.45, 2.75) is 26.9 Å². The number of hydrogen-bond acceptors (Lipinski definition) is 4. The second-order valence-electron chi connectivity index (χ2n) is 4.98. The van der Waals surface area contributed by atoms with Gasteiger partial charge < -0.3 is 10.1 Å². The van der Waals surface area contributed by atoms with Crippen LogP contribution in [0.3, 0.4) is 0 Å². The van der Waals surface area contributed by atoms with Crippen molar-refractivity contribution < 1.29 is 14.5 Å². The first-order valence-electron chi connectivity index (χ1n) is 6.42. The van der Waals surface area contributed by atoms with Gasteiger partial charge in [0.25, 0.3) is 11.6 Å². The van der Waals surface area contributed by atoms with Gasteiger partial charge in [0, 0.05) is 31.4 Å². The van der Waals surface area contributed by atoms with Gasteiger partial charge in [-0.1, -0.05) is 13.8 Å². The zero-order valence-corrected chi connectivity index (χ0v) is 12.2. The molecule has 1 aromatic rings. The fourth-order valence-electron chi connectivity index (χ4n) is 1.90. The summed E-state index contributed by atoms with van der Waals surface area (Å²) < 4.78 is 5.27. The van der Waals surface area contributed by atoms with Crippen LogP contribution in [0.5, 0.6) is 0 Å². The molecule has 0 radical (unpaired) electrons. The maximum Gasteiger partial charge on any atom is 0.269 e. The Hall–Kier alpha value is -1.95. The third kappa shape index (κ3) is 4.03. The Morgan fingerprint density at radius 1 is 1.45 bits per heavy atom. The number of amides is 1. The number of non-ortho nitro benzene ring substituents is 1. The fourth-order valence-corrected chi connectivity index (χ4v) is 1.90. The van der Waals surface area contributed by atoms with Gasteiger partial charge in [0.1, 0.15) is 0 Å². The zero-order chi connectivity index (χ0) is 15.3. The Kier molecular flexibility index (Phi) is 5.64. The van der Waals surface area contributed by atoms with Crippen LogP contribution in [0, 0.1) is 23.0 Å². The first-order chi connectivity index (χ1) is 9.36. The molecule has 110 valence electrons. The highest BCUT2D eigenvalue weighted by Crippen LogP contribution is 2.17. The third-order valence-corrected chi connectivity index (χ3v) is 3.18. The standard InChI is InChI=1S/C14H20N2O4/c1-9(2)13(20-4)8-15-14(17)12-6-5-11(16(18)19)7-10(12)3/h5-7,9,13H,8H2,1-4H3,(H,15,17)/t13-/m1/s1. The van der Waals surface area contributed by atoms with E-state index in [4.69, 9.17) is 4.74 Å². The molecule has 0 aromatic heterocycles. The van der Waals surface area contributed by atoms with Crippen LogP contribution in [-0.2, 0) is 4.74 Å². The van der Waals surface area contributed by atoms with Crippen molar-refractivity contribution in [2.75, 3.05) is 13.7 Å². The number of carbonyl (C=O) groups excluding carboxylic acids is 1. The summed E-state index contributed by atoms with van der Waals surface area (Å²) in [5.41, 5.74) is 1.00. The van der Waals surface area contributed by atoms with Gasteiger partial charge >= 0.3 is 0 Å². The lowest BCUT2D eigenvalue weighted by Gasteiger charge is -2.19. The van der Waals surface area contributed by atoms with Crippen molar-refractivity contribution in [1.29, 1.82) is 0 Å². The molecule has 0 aliphatic heterocycles. The van der Waals surface area contributed by atoms with Gasteiger partial charge in [-0.3, -0.25) is 14.9 Å². The molecule has 0 heterocycles. The molecule has 1 aromatic carbocycles. The number of benzene rings is 1. The van der Waals surface area contributed by atoms with E-state index in [-0.39, 0.29) is 17.7 Å². The molecule has 0 aliphatic carbocycles. The van der Waals surface area contributed by atoms with Gasteiger partial charge in [-0.05, 0) is 24.5 Å². The summed E-state index contributed by atoms with van der Waals surface area (Å²) in [7, 11) is 1.61. The van der Waals surface area contributed by atoms with Crippen LogP contribution in [-0.4, -0.2) is 30.6 Å². The molecule has 6 heteroatoms. The summed E-state index contributed by atoms with van der Waals surface area (Å²) in [4.78, 5) is 22.2. The molecule has 0 saturated carbocycles. The van der Waals surface area contributed by atoms with E-state index in [2.05, 4.69) is 5.32 Å². The predicted molar refractivity (Wildman–Crippen MR) is 75.8 cm³/mol. The monoisotopic (exact) mass is 280 g/mol. The Labute approximate surface area is 118 Å². The van der Waals surface area contributed by atoms with E-state index < -0.39 is 4.92 Å². The van der Waals surface area contributed by atoms with Crippen LogP contribution in [0.25, 0.3) is 0 Å². The highest BCUT2D eigenvalue weighted by Gasteiger charge is 2.16. The SMILES string of the molecule is CO[C@H](CNC(=O)c1ccc([N+](=O)[O-])cc1C)C(C)C. The molecule has 0 spiro atoms. The minimum absolute atomic E-state index is 0.0176. The van der Waals surface area contributed by atoms with Crippen LogP contribution in [0.4, 0.5) is 5.69 Å². The quantitative estimate of drug-likeness (QED) is 0.640. The Bertz CT molecular complexity index is 500. The molecule has 0 unspecified atom stereocenters. The number of nitrogens with zero attached hydrogens (tertiary/aromatic N) is 1. The number of rotatable bonds is 6. The van der Waals surface area contributed by atoms with Crippen LogP contribution < -0.4 is 5.32 Å². The maximum atomic E-state index is 12.1. The van der Waals surface area contributed by atoms with E-state index in [1.807, 2.05) is 13.8 Å². The van der Waals surface area contributed by atoms with Crippen molar-refractivity contribution >= 4 is 11.6 Å². The van der Waals surface area contributed by atoms with Crippen molar-refractivity contribution in [2.24, 2.45) is 5.92 Å². The van der Waals surface area contributed by atoms with Crippen LogP contribution in [0.15, 0.2) is 18.2 Å². The highest BCUT2D eigenvalue weighted by molar-refractivity contribution is 5.95. The summed E-state index contributed by atoms with van der Waals surface area (Å²) in [5, 5.41) is 13.4. The second-order valence-corrected chi connectivity index (χ2v) is 4.98. The van der Waals surface area contributed by atoms with Crippen LogP contribution >= 0.6 is 0 Å². The first-order valence-corrected chi connectivity index (χ1v) is 6.42. The summed E-state index contributed by atoms with van der Waals surface area (Å²) in [5.74, 6) is 0.0401. The van der Waals surface area contributed by atoms with E-state index in [1.54, 1.807) is 14.0 Å². The molecule has 1 amide bonds. The molecular weight excluding hydrogens is 260 g/mol. The molecule has 1 rings (SSSR count). The molecule has 0 fully saturated rings. The fraction of sp³-hybridized carbons (Fsp3) is 0.500. The predicted octanol–water partition coefficient (Wildman–Crippen LogP) is 2.30. The summed E-state index contributed by atoms with van der Waals surface area (Å²) in [6.07, 6.45) is -0.0581. The molecule has 1 N–H and O–H groups in total. The van der Waals surface area contributed by atoms with Gasteiger partial charge in [-0.2, -0.15) is 0 Å². The highest BCUT2D eigenvalue weighted by atomic mass is 16.6. The summed E-state index contributed by atoms with van der Waals surface area (Å²) in [6.45, 7) is 6.11.